The third-order valence-electron chi connectivity index (χ3n) is 4.38. The van der Waals surface area contributed by atoms with Gasteiger partial charge in [0.25, 0.3) is 0 Å². The first-order valence-corrected chi connectivity index (χ1v) is 9.12. The molecule has 1 saturated heterocycles. The molecule has 5 nitrogen and oxygen atoms in total. The average Bonchev–Trinajstić information content (AvgIpc) is 2.63. The Kier molecular flexibility index (Phi) is 9.15. The molecule has 0 aromatic heterocycles. The molecule has 1 aromatic rings. The van der Waals surface area contributed by atoms with Gasteiger partial charge in [0.05, 0.1) is 32.5 Å². The molecule has 140 valence electrons. The van der Waals surface area contributed by atoms with Gasteiger partial charge in [-0.15, -0.1) is 6.58 Å². The van der Waals surface area contributed by atoms with Gasteiger partial charge in [-0.2, -0.15) is 0 Å². The van der Waals surface area contributed by atoms with Gasteiger partial charge in [0, 0.05) is 39.3 Å². The fourth-order valence-electron chi connectivity index (χ4n) is 2.93. The highest BCUT2D eigenvalue weighted by atomic mass is 16.5. The monoisotopic (exact) mass is 348 g/mol. The van der Waals surface area contributed by atoms with E-state index in [4.69, 9.17) is 9.47 Å². The maximum Gasteiger partial charge on any atom is 0.0900 e. The van der Waals surface area contributed by atoms with E-state index in [1.165, 1.54) is 11.1 Å². The van der Waals surface area contributed by atoms with Crippen LogP contribution in [0, 0.1) is 6.92 Å². The average molecular weight is 348 g/mol. The zero-order chi connectivity index (χ0) is 17.9. The lowest BCUT2D eigenvalue weighted by atomic mass is 10.1. The highest BCUT2D eigenvalue weighted by molar-refractivity contribution is 5.21. The van der Waals surface area contributed by atoms with Gasteiger partial charge >= 0.3 is 0 Å². The van der Waals surface area contributed by atoms with Crippen molar-refractivity contribution in [3.63, 3.8) is 0 Å². The van der Waals surface area contributed by atoms with Crippen LogP contribution in [-0.4, -0.2) is 80.2 Å². The molecular weight excluding hydrogens is 316 g/mol. The summed E-state index contributed by atoms with van der Waals surface area (Å²) in [6, 6.07) is 8.60. The zero-order valence-corrected chi connectivity index (χ0v) is 15.4. The SMILES string of the molecule is C=CCOC[C@@H](O)CN(CCN1CCOCC1)Cc1ccc(C)cc1. The molecule has 1 aliphatic rings. The van der Waals surface area contributed by atoms with Gasteiger partial charge in [-0.3, -0.25) is 9.80 Å². The van der Waals surface area contributed by atoms with E-state index in [9.17, 15) is 5.11 Å². The van der Waals surface area contributed by atoms with Crippen molar-refractivity contribution in [2.75, 3.05) is 59.2 Å². The van der Waals surface area contributed by atoms with E-state index in [1.807, 2.05) is 0 Å². The summed E-state index contributed by atoms with van der Waals surface area (Å²) in [5.41, 5.74) is 2.54. The third-order valence-corrected chi connectivity index (χ3v) is 4.38. The summed E-state index contributed by atoms with van der Waals surface area (Å²) in [5, 5.41) is 10.3. The Bertz CT molecular complexity index is 486. The number of morpholine rings is 1. The van der Waals surface area contributed by atoms with Gasteiger partial charge in [-0.05, 0) is 12.5 Å². The van der Waals surface area contributed by atoms with Crippen molar-refractivity contribution in [3.05, 3.63) is 48.0 Å². The minimum absolute atomic E-state index is 0.341. The van der Waals surface area contributed by atoms with Crippen molar-refractivity contribution in [2.24, 2.45) is 0 Å². The molecule has 5 heteroatoms. The lowest BCUT2D eigenvalue weighted by Gasteiger charge is -2.31. The minimum Gasteiger partial charge on any atom is -0.389 e. The lowest BCUT2D eigenvalue weighted by Crippen LogP contribution is -2.43. The quantitative estimate of drug-likeness (QED) is 0.487. The van der Waals surface area contributed by atoms with E-state index < -0.39 is 6.10 Å². The van der Waals surface area contributed by atoms with Gasteiger partial charge in [-0.1, -0.05) is 35.9 Å². The third kappa shape index (κ3) is 8.12. The number of rotatable bonds is 11. The fourth-order valence-corrected chi connectivity index (χ4v) is 2.93. The Morgan fingerprint density at radius 3 is 2.72 bits per heavy atom. The predicted molar refractivity (Wildman–Crippen MR) is 101 cm³/mol. The first kappa shape index (κ1) is 20.1. The smallest absolute Gasteiger partial charge is 0.0900 e. The number of aryl methyl sites for hydroxylation is 1. The van der Waals surface area contributed by atoms with Crippen LogP contribution in [-0.2, 0) is 16.0 Å². The Morgan fingerprint density at radius 2 is 2.04 bits per heavy atom. The van der Waals surface area contributed by atoms with E-state index in [0.717, 1.165) is 45.9 Å². The van der Waals surface area contributed by atoms with Crippen molar-refractivity contribution in [1.29, 1.82) is 0 Å². The summed E-state index contributed by atoms with van der Waals surface area (Å²) in [7, 11) is 0. The number of ether oxygens (including phenoxy) is 2. The second kappa shape index (κ2) is 11.4. The Labute approximate surface area is 151 Å². The van der Waals surface area contributed by atoms with Crippen molar-refractivity contribution in [3.8, 4) is 0 Å². The first-order chi connectivity index (χ1) is 12.2. The van der Waals surface area contributed by atoms with Crippen molar-refractivity contribution in [1.82, 2.24) is 9.80 Å². The van der Waals surface area contributed by atoms with Crippen LogP contribution in [0.3, 0.4) is 0 Å². The largest absolute Gasteiger partial charge is 0.389 e. The molecule has 1 aromatic carbocycles. The summed E-state index contributed by atoms with van der Waals surface area (Å²) < 4.78 is 10.8. The summed E-state index contributed by atoms with van der Waals surface area (Å²) in [6.45, 7) is 13.5. The number of hydrogen-bond acceptors (Lipinski definition) is 5. The molecule has 0 aliphatic carbocycles. The number of nitrogens with zero attached hydrogens (tertiary/aromatic N) is 2. The number of hydrogen-bond donors (Lipinski definition) is 1. The van der Waals surface area contributed by atoms with Crippen LogP contribution in [0.1, 0.15) is 11.1 Å². The zero-order valence-electron chi connectivity index (χ0n) is 15.4. The summed E-state index contributed by atoms with van der Waals surface area (Å²) in [5.74, 6) is 0. The van der Waals surface area contributed by atoms with Gasteiger partial charge < -0.3 is 14.6 Å². The molecule has 2 rings (SSSR count). The number of benzene rings is 1. The highest BCUT2D eigenvalue weighted by Gasteiger charge is 2.16. The molecule has 0 amide bonds. The van der Waals surface area contributed by atoms with E-state index >= 15 is 0 Å². The van der Waals surface area contributed by atoms with E-state index in [2.05, 4.69) is 47.6 Å². The standard InChI is InChI=1S/C20H32N2O3/c1-3-12-25-17-20(23)16-22(9-8-21-10-13-24-14-11-21)15-19-6-4-18(2)5-7-19/h3-7,20,23H,1,8-17H2,2H3/t20-/m0/s1. The van der Waals surface area contributed by atoms with E-state index in [-0.39, 0.29) is 0 Å². The molecule has 25 heavy (non-hydrogen) atoms. The maximum absolute atomic E-state index is 10.3. The molecular formula is C20H32N2O3. The van der Waals surface area contributed by atoms with Crippen LogP contribution in [0.4, 0.5) is 0 Å². The minimum atomic E-state index is -0.491. The second-order valence-corrected chi connectivity index (χ2v) is 6.65. The molecule has 0 saturated carbocycles. The molecule has 1 fully saturated rings. The molecule has 1 aliphatic heterocycles. The Hall–Kier alpha value is -1.24. The van der Waals surface area contributed by atoms with Gasteiger partial charge in [0.1, 0.15) is 0 Å². The molecule has 0 unspecified atom stereocenters. The normalized spacial score (nSPS) is 16.9. The summed E-state index contributed by atoms with van der Waals surface area (Å²) in [6.07, 6.45) is 1.21. The molecule has 1 atom stereocenters. The van der Waals surface area contributed by atoms with Crippen LogP contribution in [0.15, 0.2) is 36.9 Å². The van der Waals surface area contributed by atoms with Gasteiger partial charge in [0.2, 0.25) is 0 Å². The van der Waals surface area contributed by atoms with Crippen molar-refractivity contribution >= 4 is 0 Å². The van der Waals surface area contributed by atoms with E-state index in [0.29, 0.717) is 19.8 Å². The number of aliphatic hydroxyl groups excluding tert-OH is 1. The Morgan fingerprint density at radius 1 is 1.32 bits per heavy atom. The summed E-state index contributed by atoms with van der Waals surface area (Å²) in [4.78, 5) is 4.73. The Balaban J connectivity index is 1.86. The van der Waals surface area contributed by atoms with Crippen molar-refractivity contribution < 1.29 is 14.6 Å². The van der Waals surface area contributed by atoms with Crippen LogP contribution in [0.25, 0.3) is 0 Å². The van der Waals surface area contributed by atoms with Gasteiger partial charge in [0.15, 0.2) is 0 Å². The molecule has 0 bridgehead atoms. The molecule has 1 N–H and O–H groups in total. The topological polar surface area (TPSA) is 45.2 Å². The fraction of sp³-hybridized carbons (Fsp3) is 0.600. The predicted octanol–water partition coefficient (Wildman–Crippen LogP) is 1.69. The summed E-state index contributed by atoms with van der Waals surface area (Å²) >= 11 is 0. The second-order valence-electron chi connectivity index (χ2n) is 6.65. The highest BCUT2D eigenvalue weighted by Crippen LogP contribution is 2.09. The van der Waals surface area contributed by atoms with Crippen LogP contribution in [0.2, 0.25) is 0 Å². The molecule has 1 heterocycles. The molecule has 0 radical (unpaired) electrons. The van der Waals surface area contributed by atoms with Crippen molar-refractivity contribution in [2.45, 2.75) is 19.6 Å². The van der Waals surface area contributed by atoms with Crippen LogP contribution < -0.4 is 0 Å². The van der Waals surface area contributed by atoms with E-state index in [1.54, 1.807) is 6.08 Å². The van der Waals surface area contributed by atoms with Crippen LogP contribution >= 0.6 is 0 Å². The first-order valence-electron chi connectivity index (χ1n) is 9.12. The van der Waals surface area contributed by atoms with Gasteiger partial charge in [-0.25, -0.2) is 0 Å². The lowest BCUT2D eigenvalue weighted by molar-refractivity contribution is 0.0128. The van der Waals surface area contributed by atoms with Crippen LogP contribution in [0.5, 0.6) is 0 Å². The maximum atomic E-state index is 10.3. The molecule has 0 spiro atoms. The number of aliphatic hydroxyl groups is 1.